The highest BCUT2D eigenvalue weighted by molar-refractivity contribution is 6.30. The molecule has 0 aromatic carbocycles. The Bertz CT molecular complexity index is 549. The monoisotopic (exact) mass is 265 g/mol. The predicted octanol–water partition coefficient (Wildman–Crippen LogP) is 2.13. The Morgan fingerprint density at radius 2 is 2.06 bits per heavy atom. The van der Waals surface area contributed by atoms with Crippen molar-refractivity contribution in [2.75, 3.05) is 11.9 Å². The minimum absolute atomic E-state index is 0.463. The van der Waals surface area contributed by atoms with Gasteiger partial charge in [0.15, 0.2) is 11.0 Å². The fraction of sp³-hybridized carbons (Fsp3) is 0.417. The van der Waals surface area contributed by atoms with Crippen molar-refractivity contribution in [2.24, 2.45) is 7.05 Å². The SMILES string of the molecule is Cc1c(Cl)nnc(NCCc2cnn(C)c2)c1C. The van der Waals surface area contributed by atoms with E-state index >= 15 is 0 Å². The molecule has 0 saturated carbocycles. The summed E-state index contributed by atoms with van der Waals surface area (Å²) < 4.78 is 1.80. The van der Waals surface area contributed by atoms with Crippen molar-refractivity contribution in [2.45, 2.75) is 20.3 Å². The van der Waals surface area contributed by atoms with Crippen LogP contribution in [0.3, 0.4) is 0 Å². The molecule has 5 nitrogen and oxygen atoms in total. The van der Waals surface area contributed by atoms with Crippen molar-refractivity contribution < 1.29 is 0 Å². The number of hydrogen-bond acceptors (Lipinski definition) is 4. The molecular formula is C12H16ClN5. The molecule has 0 bridgehead atoms. The van der Waals surface area contributed by atoms with E-state index in [4.69, 9.17) is 11.6 Å². The second-order valence-electron chi connectivity index (χ2n) is 4.29. The third-order valence-electron chi connectivity index (χ3n) is 2.93. The Balaban J connectivity index is 1.96. The topological polar surface area (TPSA) is 55.6 Å². The summed E-state index contributed by atoms with van der Waals surface area (Å²) in [5.41, 5.74) is 3.21. The fourth-order valence-corrected chi connectivity index (χ4v) is 1.85. The van der Waals surface area contributed by atoms with Crippen LogP contribution in [0.15, 0.2) is 12.4 Å². The molecule has 0 atom stereocenters. The van der Waals surface area contributed by atoms with Gasteiger partial charge >= 0.3 is 0 Å². The van der Waals surface area contributed by atoms with E-state index in [1.807, 2.05) is 33.3 Å². The van der Waals surface area contributed by atoms with Gasteiger partial charge in [0.25, 0.3) is 0 Å². The van der Waals surface area contributed by atoms with Crippen molar-refractivity contribution in [3.8, 4) is 0 Å². The number of rotatable bonds is 4. The number of nitrogens with one attached hydrogen (secondary N) is 1. The first-order chi connectivity index (χ1) is 8.58. The third kappa shape index (κ3) is 2.79. The number of halogens is 1. The molecule has 0 aliphatic heterocycles. The van der Waals surface area contributed by atoms with Crippen molar-refractivity contribution in [3.63, 3.8) is 0 Å². The van der Waals surface area contributed by atoms with Crippen LogP contribution in [0.2, 0.25) is 5.15 Å². The third-order valence-corrected chi connectivity index (χ3v) is 3.29. The molecule has 0 radical (unpaired) electrons. The number of aryl methyl sites for hydroxylation is 1. The van der Waals surface area contributed by atoms with Crippen molar-refractivity contribution in [1.82, 2.24) is 20.0 Å². The second-order valence-corrected chi connectivity index (χ2v) is 4.65. The van der Waals surface area contributed by atoms with Crippen LogP contribution < -0.4 is 5.32 Å². The van der Waals surface area contributed by atoms with E-state index in [1.165, 1.54) is 5.56 Å². The van der Waals surface area contributed by atoms with Gasteiger partial charge in [-0.05, 0) is 37.0 Å². The molecule has 0 amide bonds. The van der Waals surface area contributed by atoms with Crippen LogP contribution in [0.5, 0.6) is 0 Å². The minimum Gasteiger partial charge on any atom is -0.368 e. The Morgan fingerprint density at radius 1 is 1.28 bits per heavy atom. The lowest BCUT2D eigenvalue weighted by atomic mass is 10.2. The van der Waals surface area contributed by atoms with Gasteiger partial charge in [0.2, 0.25) is 0 Å². The van der Waals surface area contributed by atoms with Gasteiger partial charge in [0, 0.05) is 19.8 Å². The van der Waals surface area contributed by atoms with E-state index in [-0.39, 0.29) is 0 Å². The highest BCUT2D eigenvalue weighted by Crippen LogP contribution is 2.20. The zero-order valence-electron chi connectivity index (χ0n) is 10.7. The van der Waals surface area contributed by atoms with Gasteiger partial charge in [0.1, 0.15) is 0 Å². The van der Waals surface area contributed by atoms with Gasteiger partial charge in [-0.2, -0.15) is 5.10 Å². The maximum Gasteiger partial charge on any atom is 0.155 e. The van der Waals surface area contributed by atoms with E-state index in [2.05, 4.69) is 20.6 Å². The molecule has 0 aliphatic carbocycles. The number of aromatic nitrogens is 4. The first-order valence-electron chi connectivity index (χ1n) is 5.78. The molecule has 2 rings (SSSR count). The van der Waals surface area contributed by atoms with Gasteiger partial charge in [-0.15, -0.1) is 10.2 Å². The van der Waals surface area contributed by atoms with Crippen LogP contribution in [-0.2, 0) is 13.5 Å². The normalized spacial score (nSPS) is 10.7. The molecule has 0 unspecified atom stereocenters. The Labute approximate surface area is 111 Å². The quantitative estimate of drug-likeness (QED) is 0.920. The van der Waals surface area contributed by atoms with Gasteiger partial charge < -0.3 is 5.32 Å². The Kier molecular flexibility index (Phi) is 3.81. The molecule has 0 aliphatic rings. The van der Waals surface area contributed by atoms with E-state index in [1.54, 1.807) is 4.68 Å². The van der Waals surface area contributed by atoms with Gasteiger partial charge in [-0.1, -0.05) is 11.6 Å². The molecule has 96 valence electrons. The summed E-state index contributed by atoms with van der Waals surface area (Å²) in [4.78, 5) is 0. The second kappa shape index (κ2) is 5.35. The lowest BCUT2D eigenvalue weighted by Crippen LogP contribution is -2.09. The zero-order chi connectivity index (χ0) is 13.1. The first kappa shape index (κ1) is 12.8. The van der Waals surface area contributed by atoms with Gasteiger partial charge in [-0.25, -0.2) is 0 Å². The lowest BCUT2D eigenvalue weighted by molar-refractivity contribution is 0.766. The molecule has 2 heterocycles. The smallest absolute Gasteiger partial charge is 0.155 e. The molecule has 0 fully saturated rings. The zero-order valence-corrected chi connectivity index (χ0v) is 11.5. The maximum absolute atomic E-state index is 5.91. The molecule has 2 aromatic rings. The van der Waals surface area contributed by atoms with Crippen LogP contribution in [0.25, 0.3) is 0 Å². The summed E-state index contributed by atoms with van der Waals surface area (Å²) in [6.07, 6.45) is 4.78. The molecular weight excluding hydrogens is 250 g/mol. The average Bonchev–Trinajstić information content (AvgIpc) is 2.75. The highest BCUT2D eigenvalue weighted by atomic mass is 35.5. The molecule has 1 N–H and O–H groups in total. The number of hydrogen-bond donors (Lipinski definition) is 1. The van der Waals surface area contributed by atoms with E-state index in [0.717, 1.165) is 29.9 Å². The van der Waals surface area contributed by atoms with E-state index < -0.39 is 0 Å². The number of anilines is 1. The molecule has 18 heavy (non-hydrogen) atoms. The summed E-state index contributed by atoms with van der Waals surface area (Å²) in [5.74, 6) is 0.792. The molecule has 6 heteroatoms. The van der Waals surface area contributed by atoms with Gasteiger partial charge in [0.05, 0.1) is 6.20 Å². The number of nitrogens with zero attached hydrogens (tertiary/aromatic N) is 4. The van der Waals surface area contributed by atoms with Crippen molar-refractivity contribution in [1.29, 1.82) is 0 Å². The lowest BCUT2D eigenvalue weighted by Gasteiger charge is -2.09. The Hall–Kier alpha value is -1.62. The summed E-state index contributed by atoms with van der Waals surface area (Å²) in [5, 5.41) is 15.8. The van der Waals surface area contributed by atoms with Crippen LogP contribution >= 0.6 is 11.6 Å². The minimum atomic E-state index is 0.463. The first-order valence-corrected chi connectivity index (χ1v) is 6.16. The predicted molar refractivity (Wildman–Crippen MR) is 71.9 cm³/mol. The average molecular weight is 266 g/mol. The van der Waals surface area contributed by atoms with Crippen molar-refractivity contribution >= 4 is 17.4 Å². The van der Waals surface area contributed by atoms with Crippen LogP contribution in [-0.4, -0.2) is 26.5 Å². The maximum atomic E-state index is 5.91. The van der Waals surface area contributed by atoms with Crippen LogP contribution in [0.1, 0.15) is 16.7 Å². The van der Waals surface area contributed by atoms with E-state index in [0.29, 0.717) is 5.15 Å². The summed E-state index contributed by atoms with van der Waals surface area (Å²) in [7, 11) is 1.91. The van der Waals surface area contributed by atoms with Gasteiger partial charge in [-0.3, -0.25) is 4.68 Å². The summed E-state index contributed by atoms with van der Waals surface area (Å²) >= 11 is 5.91. The van der Waals surface area contributed by atoms with Crippen LogP contribution in [0, 0.1) is 13.8 Å². The largest absolute Gasteiger partial charge is 0.368 e. The van der Waals surface area contributed by atoms with Crippen molar-refractivity contribution in [3.05, 3.63) is 34.2 Å². The molecule has 2 aromatic heterocycles. The summed E-state index contributed by atoms with van der Waals surface area (Å²) in [6.45, 7) is 4.73. The standard InChI is InChI=1S/C12H16ClN5/c1-8-9(2)12(17-16-11(8)13)14-5-4-10-6-15-18(3)7-10/h6-7H,4-5H2,1-3H3,(H,14,17). The van der Waals surface area contributed by atoms with Crippen LogP contribution in [0.4, 0.5) is 5.82 Å². The van der Waals surface area contributed by atoms with E-state index in [9.17, 15) is 0 Å². The fourth-order valence-electron chi connectivity index (χ4n) is 1.67. The Morgan fingerprint density at radius 3 is 2.72 bits per heavy atom. The molecule has 0 saturated heterocycles. The highest BCUT2D eigenvalue weighted by Gasteiger charge is 2.07. The summed E-state index contributed by atoms with van der Waals surface area (Å²) in [6, 6.07) is 0. The molecule has 0 spiro atoms.